The molecule has 1 aromatic heterocycles. The molecule has 0 aliphatic heterocycles. The van der Waals surface area contributed by atoms with Gasteiger partial charge < -0.3 is 5.73 Å². The number of carbonyl (C=O) groups excluding carboxylic acids is 1. The van der Waals surface area contributed by atoms with Crippen molar-refractivity contribution in [2.45, 2.75) is 25.7 Å². The third-order valence-electron chi connectivity index (χ3n) is 2.10. The van der Waals surface area contributed by atoms with E-state index >= 15 is 0 Å². The van der Waals surface area contributed by atoms with Crippen LogP contribution in [0.4, 0.5) is 10.7 Å². The van der Waals surface area contributed by atoms with Gasteiger partial charge in [-0.3, -0.25) is 5.32 Å². The zero-order chi connectivity index (χ0) is 10.1. The zero-order valence-corrected chi connectivity index (χ0v) is 7.95. The number of hydrogen-bond donors (Lipinski definition) is 2. The van der Waals surface area contributed by atoms with Crippen molar-refractivity contribution in [3.8, 4) is 0 Å². The van der Waals surface area contributed by atoms with Crippen molar-refractivity contribution in [1.82, 2.24) is 9.97 Å². The number of anilines is 1. The highest BCUT2D eigenvalue weighted by atomic mass is 16.2. The third-order valence-corrected chi connectivity index (χ3v) is 2.10. The molecule has 1 aromatic rings. The topological polar surface area (TPSA) is 80.9 Å². The molecule has 1 heterocycles. The first-order valence-corrected chi connectivity index (χ1v) is 4.57. The lowest BCUT2D eigenvalue weighted by atomic mass is 10.2. The summed E-state index contributed by atoms with van der Waals surface area (Å²) in [7, 11) is 0. The van der Waals surface area contributed by atoms with Crippen LogP contribution in [0.15, 0.2) is 6.07 Å². The number of aromatic nitrogens is 2. The van der Waals surface area contributed by atoms with Crippen LogP contribution in [0.25, 0.3) is 0 Å². The zero-order valence-electron chi connectivity index (χ0n) is 7.95. The second kappa shape index (κ2) is 3.25. The van der Waals surface area contributed by atoms with Crippen LogP contribution in [-0.4, -0.2) is 16.0 Å². The van der Waals surface area contributed by atoms with E-state index in [1.54, 1.807) is 0 Å². The van der Waals surface area contributed by atoms with Crippen LogP contribution >= 0.6 is 0 Å². The fraction of sp³-hybridized carbons (Fsp3) is 0.444. The summed E-state index contributed by atoms with van der Waals surface area (Å²) in [5, 5.41) is 2.39. The first kappa shape index (κ1) is 8.93. The van der Waals surface area contributed by atoms with E-state index < -0.39 is 6.03 Å². The Balaban J connectivity index is 2.26. The van der Waals surface area contributed by atoms with E-state index in [9.17, 15) is 4.79 Å². The number of primary amides is 1. The van der Waals surface area contributed by atoms with E-state index in [4.69, 9.17) is 5.73 Å². The second-order valence-corrected chi connectivity index (χ2v) is 3.52. The second-order valence-electron chi connectivity index (χ2n) is 3.52. The lowest BCUT2D eigenvalue weighted by molar-refractivity contribution is 0.259. The molecule has 0 saturated heterocycles. The number of rotatable bonds is 2. The summed E-state index contributed by atoms with van der Waals surface area (Å²) in [4.78, 5) is 18.9. The van der Waals surface area contributed by atoms with Crippen molar-refractivity contribution in [2.24, 2.45) is 5.73 Å². The third kappa shape index (κ3) is 1.99. The van der Waals surface area contributed by atoms with Gasteiger partial charge in [0.2, 0.25) is 5.95 Å². The van der Waals surface area contributed by atoms with E-state index in [1.807, 2.05) is 13.0 Å². The lowest BCUT2D eigenvalue weighted by Crippen LogP contribution is -2.21. The summed E-state index contributed by atoms with van der Waals surface area (Å²) in [6, 6.07) is 1.32. The number of carbonyl (C=O) groups is 1. The van der Waals surface area contributed by atoms with Gasteiger partial charge in [-0.1, -0.05) is 0 Å². The summed E-state index contributed by atoms with van der Waals surface area (Å²) in [5.41, 5.74) is 6.84. The SMILES string of the molecule is Cc1cc(C2CC2)nc(NC(N)=O)n1. The Morgan fingerprint density at radius 1 is 1.57 bits per heavy atom. The van der Waals surface area contributed by atoms with Gasteiger partial charge in [-0.15, -0.1) is 0 Å². The molecule has 2 rings (SSSR count). The van der Waals surface area contributed by atoms with Crippen molar-refractivity contribution in [3.63, 3.8) is 0 Å². The summed E-state index contributed by atoms with van der Waals surface area (Å²) in [6.45, 7) is 1.87. The van der Waals surface area contributed by atoms with E-state index in [1.165, 1.54) is 12.8 Å². The van der Waals surface area contributed by atoms with Crippen molar-refractivity contribution in [3.05, 3.63) is 17.5 Å². The van der Waals surface area contributed by atoms with Gasteiger partial charge in [0.15, 0.2) is 0 Å². The van der Waals surface area contributed by atoms with Gasteiger partial charge in [0.25, 0.3) is 0 Å². The van der Waals surface area contributed by atoms with Crippen molar-refractivity contribution in [1.29, 1.82) is 0 Å². The number of nitrogens with zero attached hydrogens (tertiary/aromatic N) is 2. The van der Waals surface area contributed by atoms with Crippen molar-refractivity contribution >= 4 is 12.0 Å². The molecule has 1 saturated carbocycles. The van der Waals surface area contributed by atoms with E-state index in [0.29, 0.717) is 11.9 Å². The molecule has 5 heteroatoms. The average molecular weight is 192 g/mol. The predicted molar refractivity (Wildman–Crippen MR) is 52.0 cm³/mol. The van der Waals surface area contributed by atoms with E-state index in [-0.39, 0.29) is 0 Å². The Labute approximate surface area is 81.7 Å². The lowest BCUT2D eigenvalue weighted by Gasteiger charge is -2.04. The van der Waals surface area contributed by atoms with E-state index in [2.05, 4.69) is 15.3 Å². The summed E-state index contributed by atoms with van der Waals surface area (Å²) in [6.07, 6.45) is 2.35. The maximum atomic E-state index is 10.6. The predicted octanol–water partition coefficient (Wildman–Crippen LogP) is 1.15. The molecule has 2 amide bonds. The number of nitrogens with one attached hydrogen (secondary N) is 1. The number of aryl methyl sites for hydroxylation is 1. The number of urea groups is 1. The quantitative estimate of drug-likeness (QED) is 0.737. The van der Waals surface area contributed by atoms with Gasteiger partial charge in [0.1, 0.15) is 0 Å². The van der Waals surface area contributed by atoms with Crippen molar-refractivity contribution in [2.75, 3.05) is 5.32 Å². The monoisotopic (exact) mass is 192 g/mol. The molecule has 0 atom stereocenters. The van der Waals surface area contributed by atoms with Gasteiger partial charge in [0, 0.05) is 17.3 Å². The molecular formula is C9H12N4O. The number of nitrogens with two attached hydrogens (primary N) is 1. The van der Waals surface area contributed by atoms with Gasteiger partial charge in [0.05, 0.1) is 0 Å². The Bertz CT molecular complexity index is 373. The molecule has 74 valence electrons. The Morgan fingerprint density at radius 2 is 2.29 bits per heavy atom. The largest absolute Gasteiger partial charge is 0.351 e. The normalized spacial score (nSPS) is 15.2. The highest BCUT2D eigenvalue weighted by Gasteiger charge is 2.25. The van der Waals surface area contributed by atoms with Crippen LogP contribution in [0.3, 0.4) is 0 Å². The molecule has 0 spiro atoms. The molecule has 1 aliphatic carbocycles. The number of amides is 2. The van der Waals surface area contributed by atoms with Gasteiger partial charge in [-0.2, -0.15) is 0 Å². The fourth-order valence-corrected chi connectivity index (χ4v) is 1.35. The first-order valence-electron chi connectivity index (χ1n) is 4.57. The van der Waals surface area contributed by atoms with Crippen molar-refractivity contribution < 1.29 is 4.79 Å². The standard InChI is InChI=1S/C9H12N4O/c1-5-4-7(6-2-3-6)12-9(11-5)13-8(10)14/h4,6H,2-3H2,1H3,(H3,10,11,12,13,14). The Hall–Kier alpha value is -1.65. The molecule has 1 aliphatic rings. The highest BCUT2D eigenvalue weighted by molar-refractivity contribution is 5.85. The fourth-order valence-electron chi connectivity index (χ4n) is 1.35. The number of hydrogen-bond acceptors (Lipinski definition) is 3. The average Bonchev–Trinajstić information content (AvgIpc) is 2.82. The summed E-state index contributed by atoms with van der Waals surface area (Å²) in [5.74, 6) is 0.851. The molecule has 3 N–H and O–H groups in total. The van der Waals surface area contributed by atoms with Gasteiger partial charge in [-0.25, -0.2) is 14.8 Å². The van der Waals surface area contributed by atoms with Crippen LogP contribution in [-0.2, 0) is 0 Å². The highest BCUT2D eigenvalue weighted by Crippen LogP contribution is 2.39. The molecule has 14 heavy (non-hydrogen) atoms. The smallest absolute Gasteiger partial charge is 0.319 e. The molecule has 5 nitrogen and oxygen atoms in total. The first-order chi connectivity index (χ1) is 6.65. The minimum absolute atomic E-state index is 0.305. The molecular weight excluding hydrogens is 180 g/mol. The van der Waals surface area contributed by atoms with Crippen LogP contribution < -0.4 is 11.1 Å². The van der Waals surface area contributed by atoms with E-state index in [0.717, 1.165) is 11.4 Å². The maximum absolute atomic E-state index is 10.6. The minimum Gasteiger partial charge on any atom is -0.351 e. The van der Waals surface area contributed by atoms with Gasteiger partial charge in [-0.05, 0) is 25.8 Å². The van der Waals surface area contributed by atoms with Gasteiger partial charge >= 0.3 is 6.03 Å². The van der Waals surface area contributed by atoms with Crippen LogP contribution in [0.2, 0.25) is 0 Å². The molecule has 1 fully saturated rings. The molecule has 0 bridgehead atoms. The van der Waals surface area contributed by atoms with Crippen LogP contribution in [0.1, 0.15) is 30.1 Å². The molecule has 0 unspecified atom stereocenters. The van der Waals surface area contributed by atoms with Crippen LogP contribution in [0, 0.1) is 6.92 Å². The molecule has 0 aromatic carbocycles. The maximum Gasteiger partial charge on any atom is 0.319 e. The summed E-state index contributed by atoms with van der Waals surface area (Å²) >= 11 is 0. The minimum atomic E-state index is -0.627. The summed E-state index contributed by atoms with van der Waals surface area (Å²) < 4.78 is 0. The Morgan fingerprint density at radius 3 is 2.86 bits per heavy atom. The molecule has 0 radical (unpaired) electrons. The Kier molecular flexibility index (Phi) is 2.07. The van der Waals surface area contributed by atoms with Crippen LogP contribution in [0.5, 0.6) is 0 Å².